The number of rotatable bonds is 4. The van der Waals surface area contributed by atoms with Gasteiger partial charge in [0.1, 0.15) is 5.82 Å². The summed E-state index contributed by atoms with van der Waals surface area (Å²) in [6.07, 6.45) is 6.85. The van der Waals surface area contributed by atoms with Crippen LogP contribution in [0.2, 0.25) is 0 Å². The summed E-state index contributed by atoms with van der Waals surface area (Å²) in [6.45, 7) is 6.19. The average Bonchev–Trinajstić information content (AvgIpc) is 2.56. The highest BCUT2D eigenvalue weighted by Crippen LogP contribution is 2.23. The van der Waals surface area contributed by atoms with E-state index in [0.29, 0.717) is 17.7 Å². The Labute approximate surface area is 140 Å². The molecule has 0 aliphatic heterocycles. The zero-order valence-corrected chi connectivity index (χ0v) is 13.9. The van der Waals surface area contributed by atoms with Crippen molar-refractivity contribution in [1.29, 1.82) is 0 Å². The third kappa shape index (κ3) is 4.01. The van der Waals surface area contributed by atoms with E-state index in [9.17, 15) is 0 Å². The Kier molecular flexibility index (Phi) is 4.33. The first-order valence-electron chi connectivity index (χ1n) is 7.61. The van der Waals surface area contributed by atoms with E-state index >= 15 is 0 Å². The summed E-state index contributed by atoms with van der Waals surface area (Å²) in [7, 11) is 0. The molecule has 0 spiro atoms. The zero-order chi connectivity index (χ0) is 17.0. The van der Waals surface area contributed by atoms with Crippen LogP contribution in [0.5, 0.6) is 0 Å². The second-order valence-electron chi connectivity index (χ2n) is 6.28. The molecule has 24 heavy (non-hydrogen) atoms. The van der Waals surface area contributed by atoms with Crippen LogP contribution in [0, 0.1) is 0 Å². The maximum Gasteiger partial charge on any atom is 0.232 e. The molecule has 0 aromatic carbocycles. The summed E-state index contributed by atoms with van der Waals surface area (Å²) in [5.74, 6) is 1.67. The van der Waals surface area contributed by atoms with Gasteiger partial charge in [0.2, 0.25) is 11.9 Å². The van der Waals surface area contributed by atoms with Crippen molar-refractivity contribution >= 4 is 23.3 Å². The SMILES string of the molecule is CC(C)(C)c1nc(Nc2ccncc2)nc(Nc2ccncc2)n1. The molecule has 0 fully saturated rings. The Morgan fingerprint density at radius 1 is 0.667 bits per heavy atom. The molecule has 0 radical (unpaired) electrons. The molecule has 3 heterocycles. The first-order chi connectivity index (χ1) is 11.5. The third-order valence-corrected chi connectivity index (χ3v) is 3.18. The van der Waals surface area contributed by atoms with E-state index < -0.39 is 0 Å². The maximum absolute atomic E-state index is 4.54. The fraction of sp³-hybridized carbons (Fsp3) is 0.235. The molecule has 0 aliphatic carbocycles. The van der Waals surface area contributed by atoms with E-state index in [2.05, 4.69) is 56.3 Å². The van der Waals surface area contributed by atoms with Crippen LogP contribution in [0.3, 0.4) is 0 Å². The molecule has 7 nitrogen and oxygen atoms in total. The van der Waals surface area contributed by atoms with Crippen LogP contribution in [0.1, 0.15) is 26.6 Å². The molecule has 0 atom stereocenters. The summed E-state index contributed by atoms with van der Waals surface area (Å²) in [4.78, 5) is 21.5. The number of hydrogen-bond acceptors (Lipinski definition) is 7. The second kappa shape index (κ2) is 6.57. The largest absolute Gasteiger partial charge is 0.324 e. The normalized spacial score (nSPS) is 11.1. The summed E-state index contributed by atoms with van der Waals surface area (Å²) in [5, 5.41) is 6.38. The molecule has 7 heteroatoms. The Hall–Kier alpha value is -3.09. The van der Waals surface area contributed by atoms with Crippen LogP contribution < -0.4 is 10.6 Å². The van der Waals surface area contributed by atoms with Gasteiger partial charge in [-0.2, -0.15) is 15.0 Å². The third-order valence-electron chi connectivity index (χ3n) is 3.18. The lowest BCUT2D eigenvalue weighted by atomic mass is 9.96. The molecule has 0 bridgehead atoms. The van der Waals surface area contributed by atoms with Gasteiger partial charge in [-0.1, -0.05) is 20.8 Å². The molecule has 3 rings (SSSR count). The van der Waals surface area contributed by atoms with Crippen LogP contribution in [-0.4, -0.2) is 24.9 Å². The molecule has 0 unspecified atom stereocenters. The minimum atomic E-state index is -0.202. The molecular weight excluding hydrogens is 302 g/mol. The fourth-order valence-electron chi connectivity index (χ4n) is 1.95. The van der Waals surface area contributed by atoms with Crippen molar-refractivity contribution < 1.29 is 0 Å². The van der Waals surface area contributed by atoms with Crippen molar-refractivity contribution in [2.45, 2.75) is 26.2 Å². The Morgan fingerprint density at radius 2 is 1.08 bits per heavy atom. The lowest BCUT2D eigenvalue weighted by molar-refractivity contribution is 0.544. The van der Waals surface area contributed by atoms with Crippen LogP contribution >= 0.6 is 0 Å². The van der Waals surface area contributed by atoms with Crippen molar-refractivity contribution in [1.82, 2.24) is 24.9 Å². The average molecular weight is 321 g/mol. The highest BCUT2D eigenvalue weighted by molar-refractivity contribution is 5.56. The molecule has 3 aromatic heterocycles. The predicted molar refractivity (Wildman–Crippen MR) is 93.6 cm³/mol. The minimum absolute atomic E-state index is 0.202. The van der Waals surface area contributed by atoms with Gasteiger partial charge in [0, 0.05) is 41.6 Å². The highest BCUT2D eigenvalue weighted by Gasteiger charge is 2.20. The van der Waals surface area contributed by atoms with Gasteiger partial charge in [-0.05, 0) is 24.3 Å². The number of nitrogens with zero attached hydrogens (tertiary/aromatic N) is 5. The first-order valence-corrected chi connectivity index (χ1v) is 7.61. The van der Waals surface area contributed by atoms with E-state index in [0.717, 1.165) is 11.4 Å². The van der Waals surface area contributed by atoms with E-state index in [4.69, 9.17) is 0 Å². The smallest absolute Gasteiger partial charge is 0.232 e. The Bertz CT molecular complexity index is 738. The lowest BCUT2D eigenvalue weighted by Crippen LogP contribution is -2.19. The van der Waals surface area contributed by atoms with Gasteiger partial charge in [-0.15, -0.1) is 0 Å². The topological polar surface area (TPSA) is 88.5 Å². The van der Waals surface area contributed by atoms with Crippen molar-refractivity contribution in [2.24, 2.45) is 0 Å². The van der Waals surface area contributed by atoms with Crippen molar-refractivity contribution in [2.75, 3.05) is 10.6 Å². The van der Waals surface area contributed by atoms with Crippen LogP contribution in [0.25, 0.3) is 0 Å². The number of nitrogens with one attached hydrogen (secondary N) is 2. The fourth-order valence-corrected chi connectivity index (χ4v) is 1.95. The first kappa shape index (κ1) is 15.8. The van der Waals surface area contributed by atoms with Crippen molar-refractivity contribution in [3.63, 3.8) is 0 Å². The van der Waals surface area contributed by atoms with E-state index in [-0.39, 0.29) is 5.41 Å². The standard InChI is InChI=1S/C17H19N7/c1-17(2,3)14-22-15(20-12-4-8-18-9-5-12)24-16(23-14)21-13-6-10-19-11-7-13/h4-11H,1-3H3,(H2,18,19,20,21,22,23,24). The van der Waals surface area contributed by atoms with Crippen LogP contribution in [-0.2, 0) is 5.41 Å². The second-order valence-corrected chi connectivity index (χ2v) is 6.28. The summed E-state index contributed by atoms with van der Waals surface area (Å²) >= 11 is 0. The van der Waals surface area contributed by atoms with Gasteiger partial charge in [-0.3, -0.25) is 9.97 Å². The number of aromatic nitrogens is 5. The monoisotopic (exact) mass is 321 g/mol. The molecule has 122 valence electrons. The summed E-state index contributed by atoms with van der Waals surface area (Å²) < 4.78 is 0. The molecule has 0 saturated carbocycles. The Balaban J connectivity index is 1.94. The summed E-state index contributed by atoms with van der Waals surface area (Å²) in [5.41, 5.74) is 1.53. The van der Waals surface area contributed by atoms with Crippen molar-refractivity contribution in [3.8, 4) is 0 Å². The van der Waals surface area contributed by atoms with E-state index in [1.165, 1.54) is 0 Å². The molecule has 3 aromatic rings. The highest BCUT2D eigenvalue weighted by atomic mass is 15.2. The molecule has 0 amide bonds. The van der Waals surface area contributed by atoms with Crippen LogP contribution in [0.15, 0.2) is 49.1 Å². The molecule has 0 aliphatic rings. The zero-order valence-electron chi connectivity index (χ0n) is 13.9. The quantitative estimate of drug-likeness (QED) is 0.760. The number of hydrogen-bond donors (Lipinski definition) is 2. The van der Waals surface area contributed by atoms with E-state index in [1.54, 1.807) is 24.8 Å². The number of pyridine rings is 2. The maximum atomic E-state index is 4.54. The Morgan fingerprint density at radius 3 is 1.46 bits per heavy atom. The van der Waals surface area contributed by atoms with Crippen LogP contribution in [0.4, 0.5) is 23.3 Å². The number of anilines is 4. The van der Waals surface area contributed by atoms with Gasteiger partial charge >= 0.3 is 0 Å². The van der Waals surface area contributed by atoms with Gasteiger partial charge in [0.25, 0.3) is 0 Å². The van der Waals surface area contributed by atoms with Gasteiger partial charge < -0.3 is 10.6 Å². The van der Waals surface area contributed by atoms with Crippen molar-refractivity contribution in [3.05, 3.63) is 54.9 Å². The molecule has 2 N–H and O–H groups in total. The predicted octanol–water partition coefficient (Wildman–Crippen LogP) is 3.45. The lowest BCUT2D eigenvalue weighted by Gasteiger charge is -2.18. The van der Waals surface area contributed by atoms with E-state index in [1.807, 2.05) is 24.3 Å². The molecule has 0 saturated heterocycles. The van der Waals surface area contributed by atoms with Gasteiger partial charge in [-0.25, -0.2) is 0 Å². The summed E-state index contributed by atoms with van der Waals surface area (Å²) in [6, 6.07) is 7.43. The minimum Gasteiger partial charge on any atom is -0.324 e. The van der Waals surface area contributed by atoms with Gasteiger partial charge in [0.05, 0.1) is 0 Å². The van der Waals surface area contributed by atoms with Gasteiger partial charge in [0.15, 0.2) is 0 Å². The molecular formula is C17H19N7.